The quantitative estimate of drug-likeness (QED) is 0.228. The maximum atomic E-state index is 13.2. The Morgan fingerprint density at radius 2 is 1.81 bits per heavy atom. The number of ether oxygens (including phenoxy) is 1. The van der Waals surface area contributed by atoms with Gasteiger partial charge in [-0.25, -0.2) is 4.79 Å². The summed E-state index contributed by atoms with van der Waals surface area (Å²) in [5, 5.41) is 22.9. The van der Waals surface area contributed by atoms with Crippen molar-refractivity contribution in [3.63, 3.8) is 0 Å². The van der Waals surface area contributed by atoms with Crippen LogP contribution in [0.4, 0.5) is 4.79 Å². The van der Waals surface area contributed by atoms with E-state index >= 15 is 0 Å². The zero-order valence-electron chi connectivity index (χ0n) is 27.9. The number of aromatic nitrogens is 1. The van der Waals surface area contributed by atoms with Gasteiger partial charge in [0.2, 0.25) is 0 Å². The summed E-state index contributed by atoms with van der Waals surface area (Å²) >= 11 is 0. The summed E-state index contributed by atoms with van der Waals surface area (Å²) in [4.78, 5) is 17.6. The average Bonchev–Trinajstić information content (AvgIpc) is 3.43. The van der Waals surface area contributed by atoms with Gasteiger partial charge in [0.25, 0.3) is 0 Å². The second kappa shape index (κ2) is 13.8. The zero-order chi connectivity index (χ0) is 33.2. The van der Waals surface area contributed by atoms with Crippen molar-refractivity contribution >= 4 is 13.2 Å². The van der Waals surface area contributed by atoms with Gasteiger partial charge >= 0.3 is 13.2 Å². The van der Waals surface area contributed by atoms with Crippen LogP contribution in [0, 0.1) is 34.5 Å². The highest BCUT2D eigenvalue weighted by atomic mass is 16.7. The number of amides is 1. The van der Waals surface area contributed by atoms with Crippen LogP contribution in [0.25, 0.3) is 0 Å². The molecule has 3 aromatic rings. The number of aliphatic hydroxyl groups is 1. The van der Waals surface area contributed by atoms with Gasteiger partial charge in [0.15, 0.2) is 0 Å². The number of hydrogen-bond acceptors (Lipinski definition) is 7. The first-order chi connectivity index (χ1) is 22.6. The SMILES string of the molecule is CC(Cc1cc(CO)cc(CCOC(=O)N[C@@H](Cc2ccccc2)B2O[C@@H]3C[C@@H]4C[C@@H](C4(C)C)[C@]3(C)O2)c1)C(C#N)c1ccccn1. The Bertz CT molecular complexity index is 1580. The van der Waals surface area contributed by atoms with Gasteiger partial charge in [-0.2, -0.15) is 5.26 Å². The molecule has 0 spiro atoms. The van der Waals surface area contributed by atoms with Crippen molar-refractivity contribution in [2.24, 2.45) is 23.2 Å². The fraction of sp³-hybridized carbons (Fsp3) is 0.500. The third-order valence-electron chi connectivity index (χ3n) is 11.1. The van der Waals surface area contributed by atoms with Crippen molar-refractivity contribution in [2.75, 3.05) is 6.61 Å². The molecular formula is C38H46BN3O5. The topological polar surface area (TPSA) is 114 Å². The second-order valence-electron chi connectivity index (χ2n) is 14.5. The molecule has 7 rings (SSSR count). The van der Waals surface area contributed by atoms with E-state index in [0.717, 1.165) is 40.8 Å². The first-order valence-electron chi connectivity index (χ1n) is 16.9. The largest absolute Gasteiger partial charge is 0.482 e. The summed E-state index contributed by atoms with van der Waals surface area (Å²) in [6.45, 7) is 8.99. The number of rotatable bonds is 12. The molecule has 1 amide bonds. The lowest BCUT2D eigenvalue weighted by Crippen LogP contribution is -2.65. The molecule has 2 heterocycles. The van der Waals surface area contributed by atoms with E-state index < -0.39 is 19.2 Å². The summed E-state index contributed by atoms with van der Waals surface area (Å²) in [5.74, 6) is 0.329. The van der Waals surface area contributed by atoms with Gasteiger partial charge in [-0.15, -0.1) is 0 Å². The summed E-state index contributed by atoms with van der Waals surface area (Å²) in [6, 6.07) is 24.1. The van der Waals surface area contributed by atoms with Crippen LogP contribution in [-0.2, 0) is 39.9 Å². The third kappa shape index (κ3) is 6.97. The number of benzene rings is 2. The molecule has 2 N–H and O–H groups in total. The van der Waals surface area contributed by atoms with Crippen LogP contribution in [0.15, 0.2) is 72.9 Å². The number of nitriles is 1. The van der Waals surface area contributed by atoms with Crippen LogP contribution in [0.2, 0.25) is 0 Å². The number of hydrogen-bond donors (Lipinski definition) is 2. The van der Waals surface area contributed by atoms with Crippen molar-refractivity contribution in [2.45, 2.75) is 90.0 Å². The number of alkyl carbamates (subject to hydrolysis) is 1. The van der Waals surface area contributed by atoms with Gasteiger partial charge in [0, 0.05) is 12.6 Å². The number of nitrogens with zero attached hydrogens (tertiary/aromatic N) is 2. The Morgan fingerprint density at radius 3 is 2.51 bits per heavy atom. The number of nitrogens with one attached hydrogen (secondary N) is 1. The molecule has 1 aromatic heterocycles. The van der Waals surface area contributed by atoms with Gasteiger partial charge in [0.1, 0.15) is 0 Å². The van der Waals surface area contributed by atoms with Gasteiger partial charge in [-0.1, -0.05) is 75.4 Å². The highest BCUT2D eigenvalue weighted by molar-refractivity contribution is 6.47. The van der Waals surface area contributed by atoms with E-state index in [1.807, 2.05) is 67.6 Å². The smallest absolute Gasteiger partial charge is 0.449 e. The Hall–Kier alpha value is -3.71. The van der Waals surface area contributed by atoms with E-state index in [0.29, 0.717) is 31.1 Å². The van der Waals surface area contributed by atoms with Crippen molar-refractivity contribution in [1.29, 1.82) is 5.26 Å². The lowest BCUT2D eigenvalue weighted by Gasteiger charge is -2.64. The van der Waals surface area contributed by atoms with Crippen LogP contribution >= 0.6 is 0 Å². The standard InChI is InChI=1S/C38H46BN3O5/c1-25(31(23-40)32-12-8-9-14-41-32)16-28-17-27(18-29(19-28)24-43)13-15-45-36(44)42-35(20-26-10-6-5-7-11-26)39-46-34-22-30-21-33(37(30,2)3)38(34,4)47-39/h5-12,14,17-19,25,30-31,33-35,43H,13,15-16,20-22,24H2,1-4H3,(H,42,44)/t25?,30-,31?,33-,34+,35-,38-/m0/s1. The lowest BCUT2D eigenvalue weighted by molar-refractivity contribution is -0.199. The van der Waals surface area contributed by atoms with Crippen LogP contribution in [0.1, 0.15) is 74.4 Å². The summed E-state index contributed by atoms with van der Waals surface area (Å²) in [7, 11) is -0.568. The average molecular weight is 636 g/mol. The van der Waals surface area contributed by atoms with Gasteiger partial charge < -0.3 is 24.5 Å². The van der Waals surface area contributed by atoms with Crippen LogP contribution in [0.5, 0.6) is 0 Å². The van der Waals surface area contributed by atoms with Gasteiger partial charge in [0.05, 0.1) is 48.5 Å². The Balaban J connectivity index is 1.08. The molecule has 47 heavy (non-hydrogen) atoms. The molecule has 0 radical (unpaired) electrons. The Labute approximate surface area is 279 Å². The lowest BCUT2D eigenvalue weighted by atomic mass is 9.43. The van der Waals surface area contributed by atoms with E-state index in [4.69, 9.17) is 14.0 Å². The molecule has 2 bridgehead atoms. The van der Waals surface area contributed by atoms with E-state index in [1.165, 1.54) is 0 Å². The molecule has 4 fully saturated rings. The third-order valence-corrected chi connectivity index (χ3v) is 11.1. The van der Waals surface area contributed by atoms with Crippen LogP contribution in [-0.4, -0.2) is 47.6 Å². The van der Waals surface area contributed by atoms with E-state index in [-0.39, 0.29) is 42.2 Å². The van der Waals surface area contributed by atoms with E-state index in [9.17, 15) is 15.2 Å². The van der Waals surface area contributed by atoms with E-state index in [2.05, 4.69) is 43.2 Å². The normalized spacial score (nSPS) is 25.9. The molecule has 1 aliphatic heterocycles. The predicted octanol–water partition coefficient (Wildman–Crippen LogP) is 6.21. The molecule has 2 unspecified atom stereocenters. The molecule has 3 saturated carbocycles. The fourth-order valence-electron chi connectivity index (χ4n) is 8.34. The van der Waals surface area contributed by atoms with Crippen molar-refractivity contribution in [1.82, 2.24) is 10.3 Å². The number of pyridine rings is 1. The Kier molecular flexibility index (Phi) is 9.75. The number of aliphatic hydroxyl groups excluding tert-OH is 1. The second-order valence-corrected chi connectivity index (χ2v) is 14.5. The summed E-state index contributed by atoms with van der Waals surface area (Å²) < 4.78 is 19.0. The maximum absolute atomic E-state index is 13.2. The summed E-state index contributed by atoms with van der Waals surface area (Å²) in [5.41, 5.74) is 4.46. The molecule has 8 nitrogen and oxygen atoms in total. The molecular weight excluding hydrogens is 589 g/mol. The van der Waals surface area contributed by atoms with Gasteiger partial charge in [-0.05, 0) is 90.2 Å². The van der Waals surface area contributed by atoms with Crippen LogP contribution in [0.3, 0.4) is 0 Å². The fourth-order valence-corrected chi connectivity index (χ4v) is 8.34. The minimum absolute atomic E-state index is 0.0169. The minimum Gasteiger partial charge on any atom is -0.449 e. The Morgan fingerprint density at radius 1 is 1.06 bits per heavy atom. The minimum atomic E-state index is -0.568. The first kappa shape index (κ1) is 33.2. The molecule has 9 heteroatoms. The molecule has 1 saturated heterocycles. The molecule has 3 aliphatic carbocycles. The number of carbonyl (C=O) groups is 1. The highest BCUT2D eigenvalue weighted by Gasteiger charge is 2.68. The van der Waals surface area contributed by atoms with Crippen molar-refractivity contribution < 1.29 is 23.9 Å². The van der Waals surface area contributed by atoms with Gasteiger partial charge in [-0.3, -0.25) is 4.98 Å². The molecule has 246 valence electrons. The molecule has 4 aliphatic rings. The predicted molar refractivity (Wildman–Crippen MR) is 180 cm³/mol. The molecule has 7 atom stereocenters. The monoisotopic (exact) mass is 635 g/mol. The van der Waals surface area contributed by atoms with E-state index in [1.54, 1.807) is 6.20 Å². The highest BCUT2D eigenvalue weighted by Crippen LogP contribution is 2.65. The maximum Gasteiger partial charge on any atom is 0.482 e. The molecule has 2 aromatic carbocycles. The number of carbonyl (C=O) groups excluding carboxylic acids is 1. The first-order valence-corrected chi connectivity index (χ1v) is 16.9. The zero-order valence-corrected chi connectivity index (χ0v) is 27.9. The van der Waals surface area contributed by atoms with Crippen LogP contribution < -0.4 is 5.32 Å². The summed E-state index contributed by atoms with van der Waals surface area (Å²) in [6.07, 6.45) is 5.05. The van der Waals surface area contributed by atoms with Crippen molar-refractivity contribution in [3.05, 3.63) is 101 Å². The van der Waals surface area contributed by atoms with Crippen molar-refractivity contribution in [3.8, 4) is 6.07 Å².